The second kappa shape index (κ2) is 4.47. The van der Waals surface area contributed by atoms with Crippen molar-refractivity contribution in [1.29, 1.82) is 0 Å². The summed E-state index contributed by atoms with van der Waals surface area (Å²) in [4.78, 5) is 4.43. The van der Waals surface area contributed by atoms with Crippen LogP contribution in [0.3, 0.4) is 0 Å². The highest BCUT2D eigenvalue weighted by Crippen LogP contribution is 2.23. The third-order valence-electron chi connectivity index (χ3n) is 2.25. The van der Waals surface area contributed by atoms with Crippen LogP contribution in [0.4, 0.5) is 5.69 Å². The molecule has 0 radical (unpaired) electrons. The first-order valence-electron chi connectivity index (χ1n) is 4.55. The molecule has 2 rings (SSSR count). The molecule has 2 aromatic rings. The van der Waals surface area contributed by atoms with Crippen molar-refractivity contribution in [3.8, 4) is 0 Å². The minimum atomic E-state index is 0. The Labute approximate surface area is 95.1 Å². The Morgan fingerprint density at radius 1 is 1.20 bits per heavy atom. The van der Waals surface area contributed by atoms with E-state index >= 15 is 0 Å². The van der Waals surface area contributed by atoms with Gasteiger partial charge >= 0.3 is 0 Å². The van der Waals surface area contributed by atoms with E-state index < -0.39 is 0 Å². The maximum atomic E-state index is 5.46. The van der Waals surface area contributed by atoms with Gasteiger partial charge < -0.3 is 5.43 Å². The predicted octanol–water partition coefficient (Wildman–Crippen LogP) is 2.56. The smallest absolute Gasteiger partial charge is 0.0726 e. The van der Waals surface area contributed by atoms with Crippen molar-refractivity contribution in [3.05, 3.63) is 35.5 Å². The van der Waals surface area contributed by atoms with Crippen LogP contribution in [0.25, 0.3) is 10.9 Å². The summed E-state index contributed by atoms with van der Waals surface area (Å²) >= 11 is 0. The summed E-state index contributed by atoms with van der Waals surface area (Å²) in [6, 6.07) is 8.09. The molecular formula is C11H14ClN3. The number of aryl methyl sites for hydroxylation is 2. The third kappa shape index (κ3) is 2.19. The molecule has 80 valence electrons. The predicted molar refractivity (Wildman–Crippen MR) is 66.3 cm³/mol. The van der Waals surface area contributed by atoms with Gasteiger partial charge in [0.25, 0.3) is 0 Å². The molecule has 3 nitrogen and oxygen atoms in total. The SMILES string of the molecule is Cc1ccc2nc(C)cc(NN)c2c1.Cl. The van der Waals surface area contributed by atoms with Gasteiger partial charge in [0.05, 0.1) is 11.2 Å². The fourth-order valence-electron chi connectivity index (χ4n) is 1.59. The first-order valence-corrected chi connectivity index (χ1v) is 4.55. The molecule has 3 N–H and O–H groups in total. The van der Waals surface area contributed by atoms with Crippen molar-refractivity contribution < 1.29 is 0 Å². The van der Waals surface area contributed by atoms with Gasteiger partial charge in [-0.1, -0.05) is 11.6 Å². The van der Waals surface area contributed by atoms with Gasteiger partial charge in [0.2, 0.25) is 0 Å². The van der Waals surface area contributed by atoms with Crippen LogP contribution < -0.4 is 11.3 Å². The van der Waals surface area contributed by atoms with E-state index in [-0.39, 0.29) is 12.4 Å². The highest BCUT2D eigenvalue weighted by Gasteiger charge is 2.02. The van der Waals surface area contributed by atoms with Gasteiger partial charge in [0.1, 0.15) is 0 Å². The standard InChI is InChI=1S/C11H13N3.ClH/c1-7-3-4-10-9(5-7)11(14-12)6-8(2)13-10;/h3-6H,12H2,1-2H3,(H,13,14);1H. The zero-order valence-corrected chi connectivity index (χ0v) is 9.56. The minimum absolute atomic E-state index is 0. The Bertz CT molecular complexity index is 482. The summed E-state index contributed by atoms with van der Waals surface area (Å²) in [5, 5.41) is 1.07. The summed E-state index contributed by atoms with van der Waals surface area (Å²) < 4.78 is 0. The molecule has 0 aliphatic rings. The molecular weight excluding hydrogens is 210 g/mol. The molecule has 0 spiro atoms. The molecule has 0 unspecified atom stereocenters. The fourth-order valence-corrected chi connectivity index (χ4v) is 1.59. The number of nitrogens with zero attached hydrogens (tertiary/aromatic N) is 1. The molecule has 0 saturated heterocycles. The Hall–Kier alpha value is -1.32. The summed E-state index contributed by atoms with van der Waals surface area (Å²) in [5.74, 6) is 5.46. The maximum absolute atomic E-state index is 5.46. The number of anilines is 1. The lowest BCUT2D eigenvalue weighted by Gasteiger charge is -2.07. The van der Waals surface area contributed by atoms with Crippen molar-refractivity contribution in [1.82, 2.24) is 4.98 Å². The van der Waals surface area contributed by atoms with Crippen molar-refractivity contribution in [2.24, 2.45) is 5.84 Å². The number of nitrogen functional groups attached to an aromatic ring is 1. The quantitative estimate of drug-likeness (QED) is 0.577. The number of hydrogen-bond acceptors (Lipinski definition) is 3. The topological polar surface area (TPSA) is 50.9 Å². The number of hydrogen-bond donors (Lipinski definition) is 2. The number of pyridine rings is 1. The molecule has 0 aliphatic carbocycles. The van der Waals surface area contributed by atoms with E-state index in [9.17, 15) is 0 Å². The Morgan fingerprint density at radius 3 is 2.60 bits per heavy atom. The molecule has 0 saturated carbocycles. The average Bonchev–Trinajstić information content (AvgIpc) is 2.17. The lowest BCUT2D eigenvalue weighted by molar-refractivity contribution is 1.24. The number of hydrazine groups is 1. The van der Waals surface area contributed by atoms with E-state index in [0.29, 0.717) is 0 Å². The minimum Gasteiger partial charge on any atom is -0.323 e. The van der Waals surface area contributed by atoms with E-state index in [1.165, 1.54) is 5.56 Å². The number of benzene rings is 1. The van der Waals surface area contributed by atoms with Crippen LogP contribution >= 0.6 is 12.4 Å². The molecule has 1 aromatic heterocycles. The molecule has 1 aromatic carbocycles. The normalized spacial score (nSPS) is 9.80. The summed E-state index contributed by atoms with van der Waals surface area (Å²) in [6.07, 6.45) is 0. The summed E-state index contributed by atoms with van der Waals surface area (Å²) in [5.41, 5.74) is 6.78. The molecule has 0 aliphatic heterocycles. The van der Waals surface area contributed by atoms with Crippen LogP contribution in [-0.2, 0) is 0 Å². The van der Waals surface area contributed by atoms with Crippen LogP contribution in [0, 0.1) is 13.8 Å². The number of nitrogens with one attached hydrogen (secondary N) is 1. The largest absolute Gasteiger partial charge is 0.323 e. The maximum Gasteiger partial charge on any atom is 0.0726 e. The van der Waals surface area contributed by atoms with Gasteiger partial charge in [0.15, 0.2) is 0 Å². The lowest BCUT2D eigenvalue weighted by Crippen LogP contribution is -2.07. The van der Waals surface area contributed by atoms with E-state index in [4.69, 9.17) is 5.84 Å². The van der Waals surface area contributed by atoms with Gasteiger partial charge in [-0.15, -0.1) is 12.4 Å². The first-order chi connectivity index (χ1) is 6.70. The molecule has 4 heteroatoms. The number of aromatic nitrogens is 1. The third-order valence-corrected chi connectivity index (χ3v) is 2.25. The molecule has 0 fully saturated rings. The van der Waals surface area contributed by atoms with Gasteiger partial charge in [-0.2, -0.15) is 0 Å². The molecule has 15 heavy (non-hydrogen) atoms. The summed E-state index contributed by atoms with van der Waals surface area (Å²) in [6.45, 7) is 4.01. The monoisotopic (exact) mass is 223 g/mol. The number of fused-ring (bicyclic) bond motifs is 1. The van der Waals surface area contributed by atoms with Crippen LogP contribution in [0.5, 0.6) is 0 Å². The Morgan fingerprint density at radius 2 is 1.93 bits per heavy atom. The highest BCUT2D eigenvalue weighted by molar-refractivity contribution is 5.91. The van der Waals surface area contributed by atoms with Crippen LogP contribution in [0.15, 0.2) is 24.3 Å². The van der Waals surface area contributed by atoms with Gasteiger partial charge in [-0.3, -0.25) is 10.8 Å². The van der Waals surface area contributed by atoms with Crippen molar-refractivity contribution in [3.63, 3.8) is 0 Å². The number of rotatable bonds is 1. The van der Waals surface area contributed by atoms with Crippen molar-refractivity contribution in [2.75, 3.05) is 5.43 Å². The van der Waals surface area contributed by atoms with Crippen LogP contribution in [0.2, 0.25) is 0 Å². The highest BCUT2D eigenvalue weighted by atomic mass is 35.5. The second-order valence-corrected chi connectivity index (χ2v) is 3.48. The number of nitrogens with two attached hydrogens (primary N) is 1. The van der Waals surface area contributed by atoms with Gasteiger partial charge in [0, 0.05) is 11.1 Å². The van der Waals surface area contributed by atoms with E-state index in [0.717, 1.165) is 22.3 Å². The zero-order valence-electron chi connectivity index (χ0n) is 8.74. The molecule has 0 atom stereocenters. The van der Waals surface area contributed by atoms with E-state index in [2.05, 4.69) is 29.5 Å². The van der Waals surface area contributed by atoms with Gasteiger partial charge in [-0.05, 0) is 32.0 Å². The van der Waals surface area contributed by atoms with Crippen molar-refractivity contribution in [2.45, 2.75) is 13.8 Å². The van der Waals surface area contributed by atoms with E-state index in [1.807, 2.05) is 19.1 Å². The van der Waals surface area contributed by atoms with Gasteiger partial charge in [-0.25, -0.2) is 0 Å². The molecule has 1 heterocycles. The Kier molecular flexibility index (Phi) is 3.50. The fraction of sp³-hybridized carbons (Fsp3) is 0.182. The van der Waals surface area contributed by atoms with Crippen molar-refractivity contribution >= 4 is 29.0 Å². The summed E-state index contributed by atoms with van der Waals surface area (Å²) in [7, 11) is 0. The number of halogens is 1. The van der Waals surface area contributed by atoms with Crippen LogP contribution in [0.1, 0.15) is 11.3 Å². The first kappa shape index (κ1) is 11.8. The molecule has 0 amide bonds. The Balaban J connectivity index is 0.00000112. The average molecular weight is 224 g/mol. The second-order valence-electron chi connectivity index (χ2n) is 3.48. The zero-order chi connectivity index (χ0) is 10.1. The van der Waals surface area contributed by atoms with E-state index in [1.54, 1.807) is 0 Å². The molecule has 0 bridgehead atoms. The van der Waals surface area contributed by atoms with Crippen LogP contribution in [-0.4, -0.2) is 4.98 Å². The lowest BCUT2D eigenvalue weighted by atomic mass is 10.1.